The lowest BCUT2D eigenvalue weighted by molar-refractivity contribution is -0.137. The van der Waals surface area contributed by atoms with E-state index < -0.39 is 5.97 Å². The number of rotatable bonds is 9. The molecule has 1 N–H and O–H groups in total. The van der Waals surface area contributed by atoms with Gasteiger partial charge in [0.05, 0.1) is 24.5 Å². The number of carboxylic acids is 1. The van der Waals surface area contributed by atoms with E-state index >= 15 is 0 Å². The molecule has 0 bridgehead atoms. The van der Waals surface area contributed by atoms with Crippen molar-refractivity contribution in [3.63, 3.8) is 0 Å². The predicted octanol–water partition coefficient (Wildman–Crippen LogP) is 3.74. The van der Waals surface area contributed by atoms with Crippen molar-refractivity contribution in [3.05, 3.63) is 59.0 Å². The van der Waals surface area contributed by atoms with Crippen LogP contribution in [-0.2, 0) is 14.3 Å². The van der Waals surface area contributed by atoms with E-state index in [9.17, 15) is 9.59 Å². The minimum absolute atomic E-state index is 0.0598. The predicted molar refractivity (Wildman–Crippen MR) is 137 cm³/mol. The van der Waals surface area contributed by atoms with E-state index in [-0.39, 0.29) is 18.9 Å². The summed E-state index contributed by atoms with van der Waals surface area (Å²) in [5, 5.41) is 8.97. The number of morpholine rings is 1. The maximum atomic E-state index is 12.9. The Hall–Kier alpha value is -2.72. The largest absolute Gasteiger partial charge is 0.492 e. The van der Waals surface area contributed by atoms with Crippen LogP contribution in [0.2, 0.25) is 0 Å². The van der Waals surface area contributed by atoms with Crippen LogP contribution in [0.15, 0.2) is 53.4 Å². The first-order chi connectivity index (χ1) is 16.5. The molecule has 0 aliphatic carbocycles. The van der Waals surface area contributed by atoms with Crippen molar-refractivity contribution >= 4 is 46.3 Å². The molecule has 2 saturated heterocycles. The van der Waals surface area contributed by atoms with Gasteiger partial charge in [0.15, 0.2) is 0 Å². The lowest BCUT2D eigenvalue weighted by Gasteiger charge is -2.26. The van der Waals surface area contributed by atoms with Gasteiger partial charge in [0, 0.05) is 31.7 Å². The van der Waals surface area contributed by atoms with Crippen LogP contribution in [0.25, 0.3) is 17.2 Å². The summed E-state index contributed by atoms with van der Waals surface area (Å²) >= 11 is 6.51. The Morgan fingerprint density at radius 1 is 1.12 bits per heavy atom. The Labute approximate surface area is 208 Å². The second-order valence-corrected chi connectivity index (χ2v) is 9.57. The summed E-state index contributed by atoms with van der Waals surface area (Å²) in [7, 11) is 0. The van der Waals surface area contributed by atoms with Crippen LogP contribution in [0.3, 0.4) is 0 Å². The average molecular weight is 499 g/mol. The Morgan fingerprint density at radius 2 is 1.88 bits per heavy atom. The third-order valence-electron chi connectivity index (χ3n) is 5.60. The SMILES string of the molecule is O=C(O)CCN1C(=O)C(=Cc2cc(-c3ccccc3)ccc2OCCN2CCOCC2)SC1=S. The van der Waals surface area contributed by atoms with Crippen molar-refractivity contribution in [3.8, 4) is 16.9 Å². The normalized spacial score (nSPS) is 18.0. The van der Waals surface area contributed by atoms with Gasteiger partial charge in [-0.3, -0.25) is 19.4 Å². The number of ether oxygens (including phenoxy) is 2. The quantitative estimate of drug-likeness (QED) is 0.414. The molecule has 0 aromatic heterocycles. The fourth-order valence-corrected chi connectivity index (χ4v) is 5.05. The highest BCUT2D eigenvalue weighted by Crippen LogP contribution is 2.36. The van der Waals surface area contributed by atoms with Gasteiger partial charge >= 0.3 is 5.97 Å². The summed E-state index contributed by atoms with van der Waals surface area (Å²) in [5.74, 6) is -0.561. The fourth-order valence-electron chi connectivity index (χ4n) is 3.75. The molecule has 0 radical (unpaired) electrons. The maximum absolute atomic E-state index is 12.9. The Kier molecular flexibility index (Phi) is 8.34. The van der Waals surface area contributed by atoms with E-state index in [0.717, 1.165) is 49.5 Å². The summed E-state index contributed by atoms with van der Waals surface area (Å²) in [6, 6.07) is 15.9. The molecule has 2 aliphatic heterocycles. The van der Waals surface area contributed by atoms with E-state index in [1.54, 1.807) is 6.08 Å². The second kappa shape index (κ2) is 11.6. The number of amides is 1. The topological polar surface area (TPSA) is 79.3 Å². The molecule has 0 atom stereocenters. The van der Waals surface area contributed by atoms with Crippen LogP contribution in [0.4, 0.5) is 0 Å². The number of thiocarbonyl (C=S) groups is 1. The molecule has 2 aliphatic rings. The van der Waals surface area contributed by atoms with Gasteiger partial charge in [0.2, 0.25) is 0 Å². The zero-order valence-electron chi connectivity index (χ0n) is 18.6. The van der Waals surface area contributed by atoms with Crippen molar-refractivity contribution in [2.24, 2.45) is 0 Å². The summed E-state index contributed by atoms with van der Waals surface area (Å²) in [4.78, 5) is 28.0. The van der Waals surface area contributed by atoms with Gasteiger partial charge in [-0.2, -0.15) is 0 Å². The number of carbonyl (C=O) groups is 2. The third-order valence-corrected chi connectivity index (χ3v) is 6.97. The van der Waals surface area contributed by atoms with Gasteiger partial charge in [-0.15, -0.1) is 0 Å². The number of carboxylic acid groups (broad SMARTS) is 1. The first kappa shape index (κ1) is 24.4. The number of thioether (sulfide) groups is 1. The number of hydrogen-bond acceptors (Lipinski definition) is 7. The molecule has 2 aromatic carbocycles. The second-order valence-electron chi connectivity index (χ2n) is 7.90. The van der Waals surface area contributed by atoms with Crippen LogP contribution in [0.1, 0.15) is 12.0 Å². The Bertz CT molecular complexity index is 1080. The minimum Gasteiger partial charge on any atom is -0.492 e. The lowest BCUT2D eigenvalue weighted by atomic mass is 10.0. The lowest BCUT2D eigenvalue weighted by Crippen LogP contribution is -2.38. The van der Waals surface area contributed by atoms with Crippen molar-refractivity contribution in [1.29, 1.82) is 0 Å². The summed E-state index contributed by atoms with van der Waals surface area (Å²) in [6.45, 7) is 4.63. The van der Waals surface area contributed by atoms with Gasteiger partial charge < -0.3 is 14.6 Å². The smallest absolute Gasteiger partial charge is 0.305 e. The maximum Gasteiger partial charge on any atom is 0.305 e. The first-order valence-electron chi connectivity index (χ1n) is 11.1. The average Bonchev–Trinajstić information content (AvgIpc) is 3.11. The van der Waals surface area contributed by atoms with E-state index in [1.807, 2.05) is 48.5 Å². The molecule has 0 unspecified atom stereocenters. The first-order valence-corrected chi connectivity index (χ1v) is 12.3. The van der Waals surface area contributed by atoms with Gasteiger partial charge in [-0.25, -0.2) is 0 Å². The molecule has 2 fully saturated rings. The highest BCUT2D eigenvalue weighted by atomic mass is 32.2. The van der Waals surface area contributed by atoms with E-state index in [4.69, 9.17) is 26.8 Å². The van der Waals surface area contributed by atoms with Crippen molar-refractivity contribution in [1.82, 2.24) is 9.80 Å². The van der Waals surface area contributed by atoms with Crippen LogP contribution >= 0.6 is 24.0 Å². The van der Waals surface area contributed by atoms with Crippen molar-refractivity contribution < 1.29 is 24.2 Å². The summed E-state index contributed by atoms with van der Waals surface area (Å²) < 4.78 is 11.9. The number of nitrogens with zero attached hydrogens (tertiary/aromatic N) is 2. The zero-order chi connectivity index (χ0) is 23.9. The third kappa shape index (κ3) is 6.24. The molecule has 0 spiro atoms. The standard InChI is InChI=1S/C25H26N2O5S2/c28-23(29)8-9-27-24(30)22(34-25(27)33)17-20-16-19(18-4-2-1-3-5-18)6-7-21(20)32-15-12-26-10-13-31-14-11-26/h1-7,16-17H,8-15H2,(H,28,29). The molecule has 0 saturated carbocycles. The highest BCUT2D eigenvalue weighted by molar-refractivity contribution is 8.26. The number of carbonyl (C=O) groups excluding carboxylic acids is 1. The summed E-state index contributed by atoms with van der Waals surface area (Å²) in [6.07, 6.45) is 1.63. The highest BCUT2D eigenvalue weighted by Gasteiger charge is 2.32. The Balaban J connectivity index is 1.56. The monoisotopic (exact) mass is 498 g/mol. The van der Waals surface area contributed by atoms with Crippen LogP contribution < -0.4 is 4.74 Å². The number of aliphatic carboxylic acids is 1. The molecule has 2 heterocycles. The molecule has 178 valence electrons. The number of benzene rings is 2. The van der Waals surface area contributed by atoms with E-state index in [2.05, 4.69) is 4.90 Å². The van der Waals surface area contributed by atoms with Crippen LogP contribution in [0, 0.1) is 0 Å². The molecule has 1 amide bonds. The van der Waals surface area contributed by atoms with Gasteiger partial charge in [-0.1, -0.05) is 60.4 Å². The molecule has 7 nitrogen and oxygen atoms in total. The van der Waals surface area contributed by atoms with E-state index in [1.165, 1.54) is 16.7 Å². The molecule has 34 heavy (non-hydrogen) atoms. The number of hydrogen-bond donors (Lipinski definition) is 1. The molecule has 4 rings (SSSR count). The van der Waals surface area contributed by atoms with E-state index in [0.29, 0.717) is 21.6 Å². The minimum atomic E-state index is -0.968. The molecular weight excluding hydrogens is 472 g/mol. The van der Waals surface area contributed by atoms with Crippen molar-refractivity contribution in [2.75, 3.05) is 46.0 Å². The molecular formula is C25H26N2O5S2. The molecule has 2 aromatic rings. The van der Waals surface area contributed by atoms with Crippen molar-refractivity contribution in [2.45, 2.75) is 6.42 Å². The summed E-state index contributed by atoms with van der Waals surface area (Å²) in [5.41, 5.74) is 2.85. The van der Waals surface area contributed by atoms with Gasteiger partial charge in [0.1, 0.15) is 16.7 Å². The van der Waals surface area contributed by atoms with Crippen LogP contribution in [0.5, 0.6) is 5.75 Å². The zero-order valence-corrected chi connectivity index (χ0v) is 20.3. The fraction of sp³-hybridized carbons (Fsp3) is 0.320. The van der Waals surface area contributed by atoms with Gasteiger partial charge in [-0.05, 0) is 29.3 Å². The Morgan fingerprint density at radius 3 is 2.62 bits per heavy atom. The molecule has 9 heteroatoms. The van der Waals surface area contributed by atoms with Crippen LogP contribution in [-0.4, -0.2) is 77.1 Å². The van der Waals surface area contributed by atoms with Gasteiger partial charge in [0.25, 0.3) is 5.91 Å².